The number of rotatable bonds is 8. The highest BCUT2D eigenvalue weighted by Gasteiger charge is 2.01. The monoisotopic (exact) mass is 310 g/mol. The maximum Gasteiger partial charge on any atom is 0.174 e. The average molecular weight is 310 g/mol. The molecule has 6 heteroatoms. The van der Waals surface area contributed by atoms with Gasteiger partial charge in [-0.2, -0.15) is 5.21 Å². The number of H-pyrrole nitrogens is 1. The summed E-state index contributed by atoms with van der Waals surface area (Å²) >= 11 is 0. The van der Waals surface area contributed by atoms with Crippen LogP contribution >= 0.6 is 0 Å². The molecule has 0 radical (unpaired) electrons. The van der Waals surface area contributed by atoms with Crippen LogP contribution in [0.25, 0.3) is 0 Å². The molecule has 23 heavy (non-hydrogen) atoms. The van der Waals surface area contributed by atoms with E-state index in [0.29, 0.717) is 19.0 Å². The van der Waals surface area contributed by atoms with Gasteiger partial charge in [-0.3, -0.25) is 0 Å². The largest absolute Gasteiger partial charge is 0.493 e. The molecule has 0 bridgehead atoms. The zero-order valence-corrected chi connectivity index (χ0v) is 12.7. The summed E-state index contributed by atoms with van der Waals surface area (Å²) in [7, 11) is 0. The second-order valence-electron chi connectivity index (χ2n) is 5.03. The molecule has 6 nitrogen and oxygen atoms in total. The van der Waals surface area contributed by atoms with Crippen molar-refractivity contribution in [3.8, 4) is 11.5 Å². The summed E-state index contributed by atoms with van der Waals surface area (Å²) in [5, 5.41) is 13.8. The van der Waals surface area contributed by atoms with Gasteiger partial charge in [-0.05, 0) is 24.1 Å². The first kappa shape index (κ1) is 15.0. The molecule has 118 valence electrons. The van der Waals surface area contributed by atoms with Crippen LogP contribution in [0.4, 0.5) is 0 Å². The van der Waals surface area contributed by atoms with E-state index in [1.165, 1.54) is 0 Å². The summed E-state index contributed by atoms with van der Waals surface area (Å²) in [6, 6.07) is 17.7. The molecule has 1 aromatic heterocycles. The molecule has 0 aliphatic rings. The van der Waals surface area contributed by atoms with Crippen molar-refractivity contribution in [3.63, 3.8) is 0 Å². The Kier molecular flexibility index (Phi) is 5.18. The summed E-state index contributed by atoms with van der Waals surface area (Å²) in [6.07, 6.45) is 1.56. The third kappa shape index (κ3) is 4.81. The first-order valence-electron chi connectivity index (χ1n) is 7.52. The Hall–Kier alpha value is -2.89. The number of hydrogen-bond acceptors (Lipinski definition) is 5. The summed E-state index contributed by atoms with van der Waals surface area (Å²) in [5.74, 6) is 2.29. The molecule has 0 spiro atoms. The molecule has 0 saturated heterocycles. The van der Waals surface area contributed by atoms with E-state index < -0.39 is 0 Å². The van der Waals surface area contributed by atoms with Gasteiger partial charge >= 0.3 is 0 Å². The van der Waals surface area contributed by atoms with Crippen molar-refractivity contribution in [1.29, 1.82) is 0 Å². The van der Waals surface area contributed by atoms with E-state index >= 15 is 0 Å². The smallest absolute Gasteiger partial charge is 0.174 e. The summed E-state index contributed by atoms with van der Waals surface area (Å²) in [6.45, 7) is 1.14. The number of benzene rings is 2. The summed E-state index contributed by atoms with van der Waals surface area (Å²) in [5.41, 5.74) is 1.14. The molecule has 0 atom stereocenters. The lowest BCUT2D eigenvalue weighted by Crippen LogP contribution is -2.01. The lowest BCUT2D eigenvalue weighted by atomic mass is 10.2. The standard InChI is InChI=1S/C17H18N4O2/c1-2-6-14(7-3-1)13-23-16-9-4-8-15(12-16)22-11-5-10-17-18-20-21-19-17/h1-4,6-9,12H,5,10-11,13H2,(H,18,19,20,21). The lowest BCUT2D eigenvalue weighted by molar-refractivity contribution is 0.292. The quantitative estimate of drug-likeness (QED) is 0.648. The molecular weight excluding hydrogens is 292 g/mol. The predicted octanol–water partition coefficient (Wildman–Crippen LogP) is 2.79. The third-order valence-electron chi connectivity index (χ3n) is 3.26. The molecule has 3 rings (SSSR count). The fourth-order valence-electron chi connectivity index (χ4n) is 2.10. The maximum atomic E-state index is 5.79. The van der Waals surface area contributed by atoms with Gasteiger partial charge in [0.2, 0.25) is 0 Å². The first-order valence-corrected chi connectivity index (χ1v) is 7.52. The van der Waals surface area contributed by atoms with Gasteiger partial charge in [0, 0.05) is 12.5 Å². The van der Waals surface area contributed by atoms with Crippen LogP contribution in [-0.4, -0.2) is 27.2 Å². The lowest BCUT2D eigenvalue weighted by Gasteiger charge is -2.09. The van der Waals surface area contributed by atoms with E-state index in [-0.39, 0.29) is 0 Å². The Morgan fingerprint density at radius 2 is 1.74 bits per heavy atom. The van der Waals surface area contributed by atoms with Crippen LogP contribution in [0, 0.1) is 0 Å². The molecule has 1 heterocycles. The van der Waals surface area contributed by atoms with Gasteiger partial charge in [0.05, 0.1) is 6.61 Å². The normalized spacial score (nSPS) is 10.4. The van der Waals surface area contributed by atoms with Crippen molar-refractivity contribution in [3.05, 3.63) is 66.0 Å². The second kappa shape index (κ2) is 7.93. The Balaban J connectivity index is 1.45. The number of aryl methyl sites for hydroxylation is 1. The number of aromatic amines is 1. The van der Waals surface area contributed by atoms with E-state index in [2.05, 4.69) is 20.6 Å². The van der Waals surface area contributed by atoms with Gasteiger partial charge < -0.3 is 9.47 Å². The van der Waals surface area contributed by atoms with Crippen molar-refractivity contribution >= 4 is 0 Å². The molecule has 1 N–H and O–H groups in total. The maximum absolute atomic E-state index is 5.79. The van der Waals surface area contributed by atoms with Gasteiger partial charge in [0.15, 0.2) is 5.82 Å². The number of ether oxygens (including phenoxy) is 2. The van der Waals surface area contributed by atoms with Crippen molar-refractivity contribution in [1.82, 2.24) is 20.6 Å². The van der Waals surface area contributed by atoms with Gasteiger partial charge in [-0.25, -0.2) is 0 Å². The van der Waals surface area contributed by atoms with E-state index in [9.17, 15) is 0 Å². The summed E-state index contributed by atoms with van der Waals surface area (Å²) < 4.78 is 11.5. The SMILES string of the molecule is c1ccc(COc2cccc(OCCCc3nn[nH]n3)c2)cc1. The Bertz CT molecular complexity index is 702. The predicted molar refractivity (Wildman–Crippen MR) is 85.2 cm³/mol. The minimum absolute atomic E-state index is 0.544. The molecular formula is C17H18N4O2. The van der Waals surface area contributed by atoms with Crippen LogP contribution in [0.15, 0.2) is 54.6 Å². The van der Waals surface area contributed by atoms with Gasteiger partial charge in [0.25, 0.3) is 0 Å². The molecule has 0 aliphatic carbocycles. The Morgan fingerprint density at radius 1 is 0.913 bits per heavy atom. The van der Waals surface area contributed by atoms with Crippen LogP contribution in [0.1, 0.15) is 17.8 Å². The van der Waals surface area contributed by atoms with Crippen molar-refractivity contribution < 1.29 is 9.47 Å². The fraction of sp³-hybridized carbons (Fsp3) is 0.235. The van der Waals surface area contributed by atoms with Crippen LogP contribution in [0.2, 0.25) is 0 Å². The van der Waals surface area contributed by atoms with Gasteiger partial charge in [-0.15, -0.1) is 10.2 Å². The fourth-order valence-corrected chi connectivity index (χ4v) is 2.10. The van der Waals surface area contributed by atoms with Crippen LogP contribution < -0.4 is 9.47 Å². The number of nitrogens with zero attached hydrogens (tertiary/aromatic N) is 3. The van der Waals surface area contributed by atoms with Crippen molar-refractivity contribution in [2.45, 2.75) is 19.4 Å². The van der Waals surface area contributed by atoms with Crippen molar-refractivity contribution in [2.24, 2.45) is 0 Å². The first-order chi connectivity index (χ1) is 11.4. The van der Waals surface area contributed by atoms with E-state index in [0.717, 1.165) is 29.9 Å². The molecule has 0 unspecified atom stereocenters. The minimum atomic E-state index is 0.544. The highest BCUT2D eigenvalue weighted by molar-refractivity contribution is 5.33. The van der Waals surface area contributed by atoms with E-state index in [1.54, 1.807) is 0 Å². The molecule has 0 saturated carbocycles. The zero-order valence-electron chi connectivity index (χ0n) is 12.7. The van der Waals surface area contributed by atoms with Gasteiger partial charge in [-0.1, -0.05) is 41.6 Å². The molecule has 0 amide bonds. The molecule has 3 aromatic rings. The third-order valence-corrected chi connectivity index (χ3v) is 3.26. The molecule has 2 aromatic carbocycles. The average Bonchev–Trinajstić information content (AvgIpc) is 3.12. The van der Waals surface area contributed by atoms with E-state index in [4.69, 9.17) is 9.47 Å². The van der Waals surface area contributed by atoms with Crippen molar-refractivity contribution in [2.75, 3.05) is 6.61 Å². The van der Waals surface area contributed by atoms with E-state index in [1.807, 2.05) is 54.6 Å². The molecule has 0 fully saturated rings. The number of hydrogen-bond donors (Lipinski definition) is 1. The highest BCUT2D eigenvalue weighted by atomic mass is 16.5. The number of aromatic nitrogens is 4. The van der Waals surface area contributed by atoms with Crippen LogP contribution in [0.5, 0.6) is 11.5 Å². The number of nitrogens with one attached hydrogen (secondary N) is 1. The number of tetrazole rings is 1. The highest BCUT2D eigenvalue weighted by Crippen LogP contribution is 2.20. The van der Waals surface area contributed by atoms with Crippen LogP contribution in [-0.2, 0) is 13.0 Å². The summed E-state index contributed by atoms with van der Waals surface area (Å²) in [4.78, 5) is 0. The Labute approximate surface area is 134 Å². The van der Waals surface area contributed by atoms with Gasteiger partial charge in [0.1, 0.15) is 18.1 Å². The zero-order chi connectivity index (χ0) is 15.7. The molecule has 0 aliphatic heterocycles. The minimum Gasteiger partial charge on any atom is -0.493 e. The topological polar surface area (TPSA) is 72.9 Å². The Morgan fingerprint density at radius 3 is 2.52 bits per heavy atom. The van der Waals surface area contributed by atoms with Crippen LogP contribution in [0.3, 0.4) is 0 Å². The second-order valence-corrected chi connectivity index (χ2v) is 5.03.